The smallest absolute Gasteiger partial charge is 0.407 e. The number of methoxy groups -OCH3 is 1. The number of carbonyl (C=O) groups is 4. The van der Waals surface area contributed by atoms with Crippen molar-refractivity contribution >= 4 is 24.0 Å². The van der Waals surface area contributed by atoms with Crippen LogP contribution < -0.4 is 16.0 Å². The van der Waals surface area contributed by atoms with E-state index in [4.69, 9.17) is 14.7 Å². The molecule has 3 aliphatic rings. The molecule has 0 spiro atoms. The van der Waals surface area contributed by atoms with Crippen LogP contribution in [-0.4, -0.2) is 85.7 Å². The Hall–Kier alpha value is -5.66. The lowest BCUT2D eigenvalue weighted by atomic mass is 9.95. The zero-order valence-electron chi connectivity index (χ0n) is 33.4. The van der Waals surface area contributed by atoms with Crippen molar-refractivity contribution in [2.75, 3.05) is 13.7 Å². The zero-order valence-corrected chi connectivity index (χ0v) is 33.4. The van der Waals surface area contributed by atoms with Crippen LogP contribution in [0.15, 0.2) is 48.7 Å². The number of carbonyl (C=O) groups excluding carboxylic acids is 3. The number of nitrogens with zero attached hydrogens (tertiary/aromatic N) is 3. The average Bonchev–Trinajstić information content (AvgIpc) is 4.02. The van der Waals surface area contributed by atoms with E-state index < -0.39 is 24.3 Å². The van der Waals surface area contributed by atoms with Crippen molar-refractivity contribution in [1.82, 2.24) is 40.8 Å². The predicted octanol–water partition coefficient (Wildman–Crippen LogP) is 6.71. The lowest BCUT2D eigenvalue weighted by Gasteiger charge is -2.30. The molecule has 0 bridgehead atoms. The molecule has 14 heteroatoms. The quantitative estimate of drug-likeness (QED) is 0.0967. The number of carboxylic acid groups (broad SMARTS) is 1. The highest BCUT2D eigenvalue weighted by Crippen LogP contribution is 2.39. The number of hydrogen-bond acceptors (Lipinski definition) is 7. The fraction of sp³-hybridized carbons (Fsp3) is 0.488. The van der Waals surface area contributed by atoms with Gasteiger partial charge in [-0.25, -0.2) is 19.6 Å². The summed E-state index contributed by atoms with van der Waals surface area (Å²) >= 11 is 0. The Bertz CT molecular complexity index is 2110. The van der Waals surface area contributed by atoms with Crippen molar-refractivity contribution in [2.45, 2.75) is 109 Å². The second-order valence-electron chi connectivity index (χ2n) is 16.3. The standard InChI is InChI=1S/C43H54N8O6/c1-23(2)35(49-42(54)55)40(52)47-31-11-7-10-30(31)38-44-22-33(46-38)26-16-14-25(15-17-26)27-18-19-29-28(21-27)9-6-12-32-37(29)48-39(45-32)34-13-8-20-51(34)41(53)36(24(3)4)50-43(56)57-5/h14-19,21-24,30-31,34-36,49H,6-13,20H2,1-5H3,(H,44,46)(H,45,48)(H,47,52)(H,50,56)(H,54,55)/t30?,31?,34-,35-,36-/m0/s1. The van der Waals surface area contributed by atoms with Crippen molar-refractivity contribution in [3.05, 3.63) is 71.6 Å². The first-order chi connectivity index (χ1) is 27.4. The predicted molar refractivity (Wildman–Crippen MR) is 215 cm³/mol. The number of alkyl carbamates (subject to hydrolysis) is 1. The molecular formula is C43H54N8O6. The number of ether oxygens (including phenoxy) is 1. The molecule has 1 saturated heterocycles. The van der Waals surface area contributed by atoms with Crippen molar-refractivity contribution in [2.24, 2.45) is 11.8 Å². The molecule has 1 aliphatic heterocycles. The first-order valence-corrected chi connectivity index (χ1v) is 20.2. The van der Waals surface area contributed by atoms with E-state index in [-0.39, 0.29) is 41.7 Å². The number of aromatic amines is 2. The molecule has 2 aromatic carbocycles. The van der Waals surface area contributed by atoms with E-state index in [0.717, 1.165) is 102 Å². The topological polar surface area (TPSA) is 194 Å². The highest BCUT2D eigenvalue weighted by molar-refractivity contribution is 5.87. The summed E-state index contributed by atoms with van der Waals surface area (Å²) in [5.41, 5.74) is 8.55. The van der Waals surface area contributed by atoms with Gasteiger partial charge in [0.1, 0.15) is 23.7 Å². The van der Waals surface area contributed by atoms with Gasteiger partial charge in [-0.3, -0.25) is 9.59 Å². The fourth-order valence-corrected chi connectivity index (χ4v) is 8.77. The first-order valence-electron chi connectivity index (χ1n) is 20.2. The van der Waals surface area contributed by atoms with Crippen LogP contribution >= 0.6 is 0 Å². The maximum Gasteiger partial charge on any atom is 0.407 e. The number of rotatable bonds is 11. The summed E-state index contributed by atoms with van der Waals surface area (Å²) in [5.74, 6) is 0.911. The Labute approximate surface area is 333 Å². The molecule has 0 radical (unpaired) electrons. The molecule has 2 unspecified atom stereocenters. The summed E-state index contributed by atoms with van der Waals surface area (Å²) in [6.45, 7) is 8.09. The number of likely N-dealkylation sites (tertiary alicyclic amines) is 1. The third-order valence-electron chi connectivity index (χ3n) is 11.8. The van der Waals surface area contributed by atoms with E-state index in [0.29, 0.717) is 6.54 Å². The number of fused-ring (bicyclic) bond motifs is 3. The number of imidazole rings is 2. The van der Waals surface area contributed by atoms with E-state index in [1.807, 2.05) is 38.8 Å². The monoisotopic (exact) mass is 778 g/mol. The largest absolute Gasteiger partial charge is 0.465 e. The number of nitrogens with one attached hydrogen (secondary N) is 5. The Morgan fingerprint density at radius 1 is 0.842 bits per heavy atom. The molecule has 14 nitrogen and oxygen atoms in total. The van der Waals surface area contributed by atoms with Crippen molar-refractivity contribution in [1.29, 1.82) is 0 Å². The molecule has 302 valence electrons. The van der Waals surface area contributed by atoms with Crippen LogP contribution in [0.4, 0.5) is 9.59 Å². The highest BCUT2D eigenvalue weighted by Gasteiger charge is 2.39. The van der Waals surface area contributed by atoms with Gasteiger partial charge in [-0.05, 0) is 79.0 Å². The number of aromatic nitrogens is 4. The Kier molecular flexibility index (Phi) is 11.7. The number of amides is 4. The van der Waals surface area contributed by atoms with Crippen molar-refractivity contribution < 1.29 is 29.0 Å². The molecular weight excluding hydrogens is 725 g/mol. The van der Waals surface area contributed by atoms with Gasteiger partial charge in [-0.2, -0.15) is 0 Å². The van der Waals surface area contributed by atoms with Crippen molar-refractivity contribution in [3.8, 4) is 33.6 Å². The Balaban J connectivity index is 1.05. The van der Waals surface area contributed by atoms with Gasteiger partial charge in [0.2, 0.25) is 11.8 Å². The van der Waals surface area contributed by atoms with Crippen LogP contribution in [0.5, 0.6) is 0 Å². The highest BCUT2D eigenvalue weighted by atomic mass is 16.5. The van der Waals surface area contributed by atoms with Crippen LogP contribution in [0.25, 0.3) is 33.6 Å². The SMILES string of the molecule is COC(=O)N[C@H](C(=O)N1CCC[C@H]1c1nc2c([nH]1)-c1ccc(-c3ccc(-c4cnc(C5CCCC5NC(=O)[C@@H](NC(=O)O)C(C)C)[nH]4)cc3)cc1CCC2)C(C)C. The Morgan fingerprint density at radius 3 is 2.30 bits per heavy atom. The van der Waals surface area contributed by atoms with Gasteiger partial charge >= 0.3 is 12.2 Å². The van der Waals surface area contributed by atoms with E-state index in [2.05, 4.69) is 68.4 Å². The third-order valence-corrected chi connectivity index (χ3v) is 11.8. The summed E-state index contributed by atoms with van der Waals surface area (Å²) in [6.07, 6.45) is 7.03. The molecule has 5 atom stereocenters. The lowest BCUT2D eigenvalue weighted by Crippen LogP contribution is -2.52. The third kappa shape index (κ3) is 8.40. The normalized spacial score (nSPS) is 20.1. The van der Waals surface area contributed by atoms with Gasteiger partial charge in [0.15, 0.2) is 0 Å². The summed E-state index contributed by atoms with van der Waals surface area (Å²) < 4.78 is 4.80. The second-order valence-corrected chi connectivity index (χ2v) is 16.3. The van der Waals surface area contributed by atoms with Crippen LogP contribution in [0.1, 0.15) is 101 Å². The average molecular weight is 779 g/mol. The van der Waals surface area contributed by atoms with Gasteiger partial charge in [-0.15, -0.1) is 0 Å². The first kappa shape index (κ1) is 39.6. The molecule has 2 fully saturated rings. The lowest BCUT2D eigenvalue weighted by molar-refractivity contribution is -0.135. The minimum Gasteiger partial charge on any atom is -0.465 e. The molecule has 3 heterocycles. The molecule has 4 amide bonds. The minimum absolute atomic E-state index is 0.0119. The Morgan fingerprint density at radius 2 is 1.58 bits per heavy atom. The molecule has 57 heavy (non-hydrogen) atoms. The van der Waals surface area contributed by atoms with Gasteiger partial charge in [0, 0.05) is 24.1 Å². The van der Waals surface area contributed by atoms with Crippen LogP contribution in [-0.2, 0) is 27.2 Å². The minimum atomic E-state index is -1.21. The zero-order chi connectivity index (χ0) is 40.4. The van der Waals surface area contributed by atoms with Crippen LogP contribution in [0, 0.1) is 11.8 Å². The molecule has 1 saturated carbocycles. The summed E-state index contributed by atoms with van der Waals surface area (Å²) in [7, 11) is 1.30. The molecule has 7 rings (SSSR count). The van der Waals surface area contributed by atoms with E-state index >= 15 is 0 Å². The van der Waals surface area contributed by atoms with Gasteiger partial charge in [0.25, 0.3) is 0 Å². The maximum atomic E-state index is 13.7. The van der Waals surface area contributed by atoms with Crippen LogP contribution in [0.3, 0.4) is 0 Å². The summed E-state index contributed by atoms with van der Waals surface area (Å²) in [4.78, 5) is 68.9. The molecule has 4 aromatic rings. The molecule has 2 aromatic heterocycles. The van der Waals surface area contributed by atoms with E-state index in [9.17, 15) is 24.3 Å². The van der Waals surface area contributed by atoms with Gasteiger partial charge in [-0.1, -0.05) is 76.6 Å². The maximum absolute atomic E-state index is 13.7. The van der Waals surface area contributed by atoms with E-state index in [1.165, 1.54) is 12.7 Å². The van der Waals surface area contributed by atoms with Crippen molar-refractivity contribution in [3.63, 3.8) is 0 Å². The second kappa shape index (κ2) is 16.8. The van der Waals surface area contributed by atoms with E-state index in [1.54, 1.807) is 0 Å². The number of H-pyrrole nitrogens is 2. The summed E-state index contributed by atoms with van der Waals surface area (Å²) in [5, 5.41) is 17.4. The summed E-state index contributed by atoms with van der Waals surface area (Å²) in [6, 6.07) is 13.2. The molecule has 2 aliphatic carbocycles. The van der Waals surface area contributed by atoms with Gasteiger partial charge in [0.05, 0.1) is 36.4 Å². The fourth-order valence-electron chi connectivity index (χ4n) is 8.77. The molecule has 6 N–H and O–H groups in total. The number of aryl methyl sites for hydroxylation is 2. The number of benzene rings is 2. The van der Waals surface area contributed by atoms with Crippen LogP contribution in [0.2, 0.25) is 0 Å². The van der Waals surface area contributed by atoms with Gasteiger partial charge < -0.3 is 40.7 Å². The number of hydrogen-bond donors (Lipinski definition) is 6.